The van der Waals surface area contributed by atoms with Crippen molar-refractivity contribution in [2.24, 2.45) is 0 Å². The average molecular weight is 203 g/mol. The Kier molecular flexibility index (Phi) is 3.62. The Morgan fingerprint density at radius 2 is 2.38 bits per heavy atom. The van der Waals surface area contributed by atoms with Gasteiger partial charge < -0.3 is 10.0 Å². The van der Waals surface area contributed by atoms with Crippen molar-refractivity contribution >= 4 is 18.5 Å². The molecule has 1 unspecified atom stereocenters. The fourth-order valence-corrected chi connectivity index (χ4v) is 1.88. The summed E-state index contributed by atoms with van der Waals surface area (Å²) in [7, 11) is 0. The molecule has 1 aliphatic heterocycles. The van der Waals surface area contributed by atoms with Gasteiger partial charge in [0.25, 0.3) is 0 Å². The molecule has 0 aromatic rings. The van der Waals surface area contributed by atoms with Crippen molar-refractivity contribution in [3.63, 3.8) is 0 Å². The van der Waals surface area contributed by atoms with Crippen LogP contribution in [0.1, 0.15) is 26.2 Å². The minimum Gasteiger partial charge on any atom is -0.388 e. The van der Waals surface area contributed by atoms with Gasteiger partial charge in [-0.05, 0) is 25.5 Å². The van der Waals surface area contributed by atoms with Crippen molar-refractivity contribution in [3.05, 3.63) is 0 Å². The second kappa shape index (κ2) is 4.33. The first-order chi connectivity index (χ1) is 6.05. The van der Waals surface area contributed by atoms with Crippen molar-refractivity contribution in [2.75, 3.05) is 18.8 Å². The molecular formula is C9H17NO2S. The second-order valence-corrected chi connectivity index (χ2v) is 4.34. The third kappa shape index (κ3) is 3.19. The Hall–Kier alpha value is -0.220. The highest BCUT2D eigenvalue weighted by molar-refractivity contribution is 7.80. The van der Waals surface area contributed by atoms with E-state index in [9.17, 15) is 9.90 Å². The molecule has 1 N–H and O–H groups in total. The topological polar surface area (TPSA) is 40.5 Å². The van der Waals surface area contributed by atoms with Crippen molar-refractivity contribution < 1.29 is 9.90 Å². The number of hydrogen-bond donors (Lipinski definition) is 2. The van der Waals surface area contributed by atoms with Gasteiger partial charge in [0.1, 0.15) is 0 Å². The van der Waals surface area contributed by atoms with E-state index in [1.54, 1.807) is 11.8 Å². The molecule has 0 aromatic carbocycles. The zero-order valence-electron chi connectivity index (χ0n) is 7.99. The molecule has 1 atom stereocenters. The van der Waals surface area contributed by atoms with Gasteiger partial charge >= 0.3 is 0 Å². The zero-order chi connectivity index (χ0) is 9.90. The number of carbonyl (C=O) groups is 1. The van der Waals surface area contributed by atoms with Crippen LogP contribution in [-0.4, -0.2) is 40.4 Å². The Bertz CT molecular complexity index is 194. The van der Waals surface area contributed by atoms with Crippen LogP contribution in [0.4, 0.5) is 0 Å². The van der Waals surface area contributed by atoms with Gasteiger partial charge in [0.2, 0.25) is 5.91 Å². The summed E-state index contributed by atoms with van der Waals surface area (Å²) >= 11 is 4.01. The fraction of sp³-hybridized carbons (Fsp3) is 0.889. The van der Waals surface area contributed by atoms with Gasteiger partial charge in [-0.15, -0.1) is 0 Å². The highest BCUT2D eigenvalue weighted by Gasteiger charge is 2.30. The summed E-state index contributed by atoms with van der Waals surface area (Å²) in [5.74, 6) is 0.687. The fourth-order valence-electron chi connectivity index (χ4n) is 1.69. The monoisotopic (exact) mass is 203 g/mol. The summed E-state index contributed by atoms with van der Waals surface area (Å²) in [6.45, 7) is 3.04. The summed E-state index contributed by atoms with van der Waals surface area (Å²) in [5, 5.41) is 9.75. The number of β-amino-alcohol motifs (C(OH)–C–C–N with tert-alkyl or cyclic N) is 1. The molecule has 13 heavy (non-hydrogen) atoms. The lowest BCUT2D eigenvalue weighted by Crippen LogP contribution is -2.48. The molecule has 3 nitrogen and oxygen atoms in total. The Balaban J connectivity index is 2.47. The summed E-state index contributed by atoms with van der Waals surface area (Å²) in [6.07, 6.45) is 2.15. The van der Waals surface area contributed by atoms with Crippen LogP contribution in [0.3, 0.4) is 0 Å². The first kappa shape index (κ1) is 10.9. The van der Waals surface area contributed by atoms with Crippen molar-refractivity contribution in [3.8, 4) is 0 Å². The molecular weight excluding hydrogens is 186 g/mol. The van der Waals surface area contributed by atoms with E-state index in [1.807, 2.05) is 0 Å². The van der Waals surface area contributed by atoms with Crippen LogP contribution in [0.5, 0.6) is 0 Å². The van der Waals surface area contributed by atoms with Gasteiger partial charge in [0, 0.05) is 19.5 Å². The molecule has 0 aromatic heterocycles. The molecule has 0 aliphatic carbocycles. The minimum atomic E-state index is -0.690. The lowest BCUT2D eigenvalue weighted by Gasteiger charge is -2.36. The van der Waals surface area contributed by atoms with Crippen LogP contribution >= 0.6 is 12.6 Å². The van der Waals surface area contributed by atoms with Gasteiger partial charge in [-0.3, -0.25) is 4.79 Å². The zero-order valence-corrected chi connectivity index (χ0v) is 8.89. The molecule has 0 bridgehead atoms. The number of thiol groups is 1. The van der Waals surface area contributed by atoms with E-state index < -0.39 is 5.60 Å². The van der Waals surface area contributed by atoms with Crippen LogP contribution in [0.25, 0.3) is 0 Å². The molecule has 1 saturated heterocycles. The van der Waals surface area contributed by atoms with E-state index in [1.165, 1.54) is 0 Å². The lowest BCUT2D eigenvalue weighted by atomic mass is 9.95. The predicted molar refractivity (Wildman–Crippen MR) is 54.9 cm³/mol. The highest BCUT2D eigenvalue weighted by Crippen LogP contribution is 2.20. The second-order valence-electron chi connectivity index (χ2n) is 3.89. The number of amides is 1. The van der Waals surface area contributed by atoms with Crippen molar-refractivity contribution in [2.45, 2.75) is 31.8 Å². The van der Waals surface area contributed by atoms with E-state index in [4.69, 9.17) is 0 Å². The largest absolute Gasteiger partial charge is 0.388 e. The summed E-state index contributed by atoms with van der Waals surface area (Å²) in [6, 6.07) is 0. The van der Waals surface area contributed by atoms with E-state index >= 15 is 0 Å². The van der Waals surface area contributed by atoms with E-state index in [2.05, 4.69) is 12.6 Å². The number of aliphatic hydroxyl groups is 1. The maximum absolute atomic E-state index is 11.5. The third-order valence-electron chi connectivity index (χ3n) is 2.35. The molecule has 0 radical (unpaired) electrons. The lowest BCUT2D eigenvalue weighted by molar-refractivity contribution is -0.137. The van der Waals surface area contributed by atoms with E-state index in [0.29, 0.717) is 18.7 Å². The quantitative estimate of drug-likeness (QED) is 0.648. The number of piperidine rings is 1. The van der Waals surface area contributed by atoms with Gasteiger partial charge in [-0.2, -0.15) is 12.6 Å². The SMILES string of the molecule is CC1(O)CCCN(C(=O)CCS)C1. The van der Waals surface area contributed by atoms with Gasteiger partial charge in [-0.1, -0.05) is 0 Å². The molecule has 1 heterocycles. The summed E-state index contributed by atoms with van der Waals surface area (Å²) in [5.41, 5.74) is -0.690. The Labute approximate surface area is 84.5 Å². The number of likely N-dealkylation sites (tertiary alicyclic amines) is 1. The maximum atomic E-state index is 11.5. The van der Waals surface area contributed by atoms with Crippen molar-refractivity contribution in [1.82, 2.24) is 4.90 Å². The molecule has 76 valence electrons. The van der Waals surface area contributed by atoms with Crippen LogP contribution in [0, 0.1) is 0 Å². The first-order valence-corrected chi connectivity index (χ1v) is 5.29. The third-order valence-corrected chi connectivity index (χ3v) is 2.58. The smallest absolute Gasteiger partial charge is 0.223 e. The molecule has 0 saturated carbocycles. The van der Waals surface area contributed by atoms with Gasteiger partial charge in [0.15, 0.2) is 0 Å². The minimum absolute atomic E-state index is 0.106. The summed E-state index contributed by atoms with van der Waals surface area (Å²) in [4.78, 5) is 13.2. The number of hydrogen-bond acceptors (Lipinski definition) is 3. The molecule has 1 fully saturated rings. The molecule has 1 amide bonds. The molecule has 0 spiro atoms. The normalized spacial score (nSPS) is 29.0. The molecule has 1 aliphatic rings. The number of rotatable bonds is 2. The van der Waals surface area contributed by atoms with E-state index in [-0.39, 0.29) is 5.91 Å². The number of carbonyl (C=O) groups excluding carboxylic acids is 1. The van der Waals surface area contributed by atoms with E-state index in [0.717, 1.165) is 19.4 Å². The Morgan fingerprint density at radius 1 is 1.69 bits per heavy atom. The standard InChI is InChI=1S/C9H17NO2S/c1-9(12)4-2-5-10(7-9)8(11)3-6-13/h12-13H,2-7H2,1H3. The van der Waals surface area contributed by atoms with Crippen molar-refractivity contribution in [1.29, 1.82) is 0 Å². The maximum Gasteiger partial charge on any atom is 0.223 e. The van der Waals surface area contributed by atoms with Crippen LogP contribution in [0.15, 0.2) is 0 Å². The summed E-state index contributed by atoms with van der Waals surface area (Å²) < 4.78 is 0. The van der Waals surface area contributed by atoms with Gasteiger partial charge in [-0.25, -0.2) is 0 Å². The molecule has 4 heteroatoms. The Morgan fingerprint density at radius 3 is 2.92 bits per heavy atom. The first-order valence-electron chi connectivity index (χ1n) is 4.66. The highest BCUT2D eigenvalue weighted by atomic mass is 32.1. The molecule has 1 rings (SSSR count). The number of nitrogens with zero attached hydrogens (tertiary/aromatic N) is 1. The van der Waals surface area contributed by atoms with Gasteiger partial charge in [0.05, 0.1) is 5.60 Å². The average Bonchev–Trinajstić information content (AvgIpc) is 2.03. The van der Waals surface area contributed by atoms with Crippen LogP contribution < -0.4 is 0 Å². The van der Waals surface area contributed by atoms with Crippen LogP contribution in [-0.2, 0) is 4.79 Å². The predicted octanol–water partition coefficient (Wildman–Crippen LogP) is 0.680. The van der Waals surface area contributed by atoms with Crippen LogP contribution in [0.2, 0.25) is 0 Å².